The molecule has 2 aromatic carbocycles. The highest BCUT2D eigenvalue weighted by atomic mass is 35.5. The van der Waals surface area contributed by atoms with Gasteiger partial charge in [0.2, 0.25) is 5.91 Å². The number of halogens is 1. The molecule has 0 aliphatic heterocycles. The van der Waals surface area contributed by atoms with Crippen LogP contribution in [0.5, 0.6) is 5.75 Å². The fourth-order valence-corrected chi connectivity index (χ4v) is 2.66. The Balaban J connectivity index is 1.76. The Morgan fingerprint density at radius 1 is 1.00 bits per heavy atom. The number of carbonyl (C=O) groups is 2. The Bertz CT molecular complexity index is 880. The van der Waals surface area contributed by atoms with Crippen LogP contribution in [0.15, 0.2) is 53.4 Å². The Morgan fingerprint density at radius 3 is 2.19 bits per heavy atom. The molecule has 2 aromatic rings. The SMILES string of the molecule is CS(=O)(=O)c1ccc(C(=O)NNC(=O)CCOc2ccc(Cl)cc2)cc1. The molecular weight excluding hydrogens is 380 g/mol. The van der Waals surface area contributed by atoms with Crippen LogP contribution in [0.4, 0.5) is 0 Å². The highest BCUT2D eigenvalue weighted by Gasteiger charge is 2.10. The molecule has 0 bridgehead atoms. The van der Waals surface area contributed by atoms with Crippen LogP contribution in [0.1, 0.15) is 16.8 Å². The smallest absolute Gasteiger partial charge is 0.269 e. The van der Waals surface area contributed by atoms with Crippen LogP contribution < -0.4 is 15.6 Å². The highest BCUT2D eigenvalue weighted by molar-refractivity contribution is 7.90. The molecule has 0 radical (unpaired) electrons. The average molecular weight is 397 g/mol. The molecule has 0 aliphatic carbocycles. The first kappa shape index (κ1) is 19.7. The van der Waals surface area contributed by atoms with Crippen molar-refractivity contribution in [3.63, 3.8) is 0 Å². The number of carbonyl (C=O) groups excluding carboxylic acids is 2. The predicted molar refractivity (Wildman–Crippen MR) is 96.7 cm³/mol. The number of benzene rings is 2. The lowest BCUT2D eigenvalue weighted by molar-refractivity contribution is -0.122. The van der Waals surface area contributed by atoms with Crippen molar-refractivity contribution in [2.24, 2.45) is 0 Å². The molecule has 2 amide bonds. The zero-order chi connectivity index (χ0) is 19.2. The maximum absolute atomic E-state index is 11.9. The van der Waals surface area contributed by atoms with E-state index in [1.807, 2.05) is 0 Å². The molecule has 0 heterocycles. The number of nitrogens with one attached hydrogen (secondary N) is 2. The summed E-state index contributed by atoms with van der Waals surface area (Å²) in [5, 5.41) is 0.586. The summed E-state index contributed by atoms with van der Waals surface area (Å²) in [6.07, 6.45) is 1.12. The van der Waals surface area contributed by atoms with E-state index >= 15 is 0 Å². The molecule has 2 rings (SSSR count). The van der Waals surface area contributed by atoms with Gasteiger partial charge in [0.25, 0.3) is 5.91 Å². The monoisotopic (exact) mass is 396 g/mol. The fourth-order valence-electron chi connectivity index (χ4n) is 1.91. The summed E-state index contributed by atoms with van der Waals surface area (Å²) in [7, 11) is -3.33. The summed E-state index contributed by atoms with van der Waals surface area (Å²) in [6, 6.07) is 12.1. The minimum Gasteiger partial charge on any atom is -0.493 e. The third kappa shape index (κ3) is 6.05. The molecule has 0 aliphatic rings. The average Bonchev–Trinajstić information content (AvgIpc) is 2.61. The summed E-state index contributed by atoms with van der Waals surface area (Å²) in [5.74, 6) is -0.408. The van der Waals surface area contributed by atoms with Crippen LogP contribution in [-0.4, -0.2) is 33.1 Å². The van der Waals surface area contributed by atoms with Crippen molar-refractivity contribution in [1.29, 1.82) is 0 Å². The zero-order valence-electron chi connectivity index (χ0n) is 13.9. The van der Waals surface area contributed by atoms with Gasteiger partial charge in [-0.2, -0.15) is 0 Å². The number of ether oxygens (including phenoxy) is 1. The van der Waals surface area contributed by atoms with Crippen molar-refractivity contribution < 1.29 is 22.7 Å². The van der Waals surface area contributed by atoms with E-state index < -0.39 is 21.7 Å². The molecule has 0 spiro atoms. The maximum Gasteiger partial charge on any atom is 0.269 e. The number of amides is 2. The Labute approximate surface area is 156 Å². The molecule has 26 heavy (non-hydrogen) atoms. The number of hydrazine groups is 1. The van der Waals surface area contributed by atoms with Gasteiger partial charge in [-0.3, -0.25) is 20.4 Å². The van der Waals surface area contributed by atoms with E-state index in [1.165, 1.54) is 24.3 Å². The third-order valence-corrected chi connectivity index (χ3v) is 4.65. The minimum absolute atomic E-state index is 0.0376. The van der Waals surface area contributed by atoms with Gasteiger partial charge in [0.1, 0.15) is 5.75 Å². The van der Waals surface area contributed by atoms with E-state index in [0.29, 0.717) is 10.8 Å². The molecule has 0 aromatic heterocycles. The molecule has 9 heteroatoms. The second kappa shape index (κ2) is 8.68. The van der Waals surface area contributed by atoms with E-state index in [-0.39, 0.29) is 23.5 Å². The molecule has 7 nitrogen and oxygen atoms in total. The van der Waals surface area contributed by atoms with E-state index in [2.05, 4.69) is 10.9 Å². The lowest BCUT2D eigenvalue weighted by atomic mass is 10.2. The van der Waals surface area contributed by atoms with Gasteiger partial charge < -0.3 is 4.74 Å². The number of hydrogen-bond acceptors (Lipinski definition) is 5. The van der Waals surface area contributed by atoms with Gasteiger partial charge in [0, 0.05) is 16.8 Å². The van der Waals surface area contributed by atoms with Crippen LogP contribution >= 0.6 is 11.6 Å². The molecule has 2 N–H and O–H groups in total. The van der Waals surface area contributed by atoms with Gasteiger partial charge in [-0.1, -0.05) is 11.6 Å². The first-order valence-electron chi connectivity index (χ1n) is 7.53. The number of hydrogen-bond donors (Lipinski definition) is 2. The third-order valence-electron chi connectivity index (χ3n) is 3.27. The second-order valence-corrected chi connectivity index (χ2v) is 7.80. The lowest BCUT2D eigenvalue weighted by Crippen LogP contribution is -2.42. The standard InChI is InChI=1S/C17H17ClN2O5S/c1-26(23,24)15-8-2-12(3-9-15)17(22)20-19-16(21)10-11-25-14-6-4-13(18)5-7-14/h2-9H,10-11H2,1H3,(H,19,21)(H,20,22). The van der Waals surface area contributed by atoms with E-state index in [0.717, 1.165) is 6.26 Å². The number of sulfone groups is 1. The lowest BCUT2D eigenvalue weighted by Gasteiger charge is -2.09. The van der Waals surface area contributed by atoms with Gasteiger partial charge in [0.05, 0.1) is 17.9 Å². The van der Waals surface area contributed by atoms with Crippen molar-refractivity contribution in [2.45, 2.75) is 11.3 Å². The Hall–Kier alpha value is -2.58. The summed E-state index contributed by atoms with van der Waals surface area (Å²) in [6.45, 7) is 0.131. The van der Waals surface area contributed by atoms with Crippen LogP contribution in [-0.2, 0) is 14.6 Å². The van der Waals surface area contributed by atoms with Crippen LogP contribution in [0.25, 0.3) is 0 Å². The summed E-state index contributed by atoms with van der Waals surface area (Å²) < 4.78 is 28.1. The van der Waals surface area contributed by atoms with Crippen LogP contribution in [0, 0.1) is 0 Å². The molecule has 0 saturated heterocycles. The first-order valence-corrected chi connectivity index (χ1v) is 9.80. The summed E-state index contributed by atoms with van der Waals surface area (Å²) in [4.78, 5) is 23.7. The summed E-state index contributed by atoms with van der Waals surface area (Å²) >= 11 is 5.76. The Morgan fingerprint density at radius 2 is 1.62 bits per heavy atom. The molecule has 0 fully saturated rings. The molecule has 0 saturated carbocycles. The molecule has 0 atom stereocenters. The highest BCUT2D eigenvalue weighted by Crippen LogP contribution is 2.15. The quantitative estimate of drug-likeness (QED) is 0.727. The fraction of sp³-hybridized carbons (Fsp3) is 0.176. The van der Waals surface area contributed by atoms with Crippen molar-refractivity contribution in [3.8, 4) is 5.75 Å². The second-order valence-electron chi connectivity index (χ2n) is 5.35. The molecule has 0 unspecified atom stereocenters. The van der Waals surface area contributed by atoms with Gasteiger partial charge in [0.15, 0.2) is 9.84 Å². The Kier molecular flexibility index (Phi) is 6.59. The maximum atomic E-state index is 11.9. The molecule has 138 valence electrons. The van der Waals surface area contributed by atoms with Crippen molar-refractivity contribution >= 4 is 33.3 Å². The van der Waals surface area contributed by atoms with E-state index in [1.54, 1.807) is 24.3 Å². The van der Waals surface area contributed by atoms with Gasteiger partial charge in [-0.05, 0) is 48.5 Å². The normalized spacial score (nSPS) is 10.8. The van der Waals surface area contributed by atoms with Crippen molar-refractivity contribution in [2.75, 3.05) is 12.9 Å². The topological polar surface area (TPSA) is 102 Å². The first-order chi connectivity index (χ1) is 12.3. The minimum atomic E-state index is -3.33. The van der Waals surface area contributed by atoms with Crippen LogP contribution in [0.2, 0.25) is 5.02 Å². The van der Waals surface area contributed by atoms with Gasteiger partial charge in [-0.25, -0.2) is 8.42 Å². The van der Waals surface area contributed by atoms with Crippen molar-refractivity contribution in [1.82, 2.24) is 10.9 Å². The van der Waals surface area contributed by atoms with E-state index in [4.69, 9.17) is 16.3 Å². The van der Waals surface area contributed by atoms with E-state index in [9.17, 15) is 18.0 Å². The van der Waals surface area contributed by atoms with Crippen molar-refractivity contribution in [3.05, 3.63) is 59.1 Å². The van der Waals surface area contributed by atoms with Gasteiger partial charge in [-0.15, -0.1) is 0 Å². The van der Waals surface area contributed by atoms with Gasteiger partial charge >= 0.3 is 0 Å². The van der Waals surface area contributed by atoms with Crippen LogP contribution in [0.3, 0.4) is 0 Å². The predicted octanol–water partition coefficient (Wildman–Crippen LogP) is 1.97. The summed E-state index contributed by atoms with van der Waals surface area (Å²) in [5.41, 5.74) is 4.73. The zero-order valence-corrected chi connectivity index (χ0v) is 15.4. The molecular formula is C17H17ClN2O5S. The largest absolute Gasteiger partial charge is 0.493 e. The number of rotatable bonds is 6.